The third kappa shape index (κ3) is 2.27. The summed E-state index contributed by atoms with van der Waals surface area (Å²) in [7, 11) is 3.06. The maximum atomic E-state index is 13.1. The number of nitrogens with one attached hydrogen (secondary N) is 1. The maximum absolute atomic E-state index is 13.1. The molecule has 0 aromatic carbocycles. The van der Waals surface area contributed by atoms with E-state index < -0.39 is 5.82 Å². The molecule has 2 heterocycles. The van der Waals surface area contributed by atoms with Crippen molar-refractivity contribution in [1.82, 2.24) is 14.9 Å². The molecule has 1 aromatic heterocycles. The third-order valence-electron chi connectivity index (χ3n) is 2.64. The molecule has 2 rings (SSSR count). The Kier molecular flexibility index (Phi) is 3.08. The van der Waals surface area contributed by atoms with Gasteiger partial charge in [0.05, 0.1) is 13.3 Å². The van der Waals surface area contributed by atoms with Crippen molar-refractivity contribution in [3.8, 4) is 5.88 Å². The molecule has 1 saturated heterocycles. The van der Waals surface area contributed by atoms with Crippen LogP contribution < -0.4 is 10.1 Å². The summed E-state index contributed by atoms with van der Waals surface area (Å²) in [6.07, 6.45) is 1.69. The standard InChI is InChI=1S/C10H13FN4O2/c1-15-4-3-7(9(15)16)13-10-12-5-6(11)8(14-10)17-2/h5,7H,3-4H2,1-2H3,(H,12,13,14). The Morgan fingerprint density at radius 2 is 2.41 bits per heavy atom. The minimum atomic E-state index is -0.632. The number of likely N-dealkylation sites (N-methyl/N-ethyl adjacent to an activating group) is 1. The first kappa shape index (κ1) is 11.6. The monoisotopic (exact) mass is 240 g/mol. The van der Waals surface area contributed by atoms with Crippen LogP contribution in [-0.4, -0.2) is 47.5 Å². The molecule has 0 radical (unpaired) electrons. The number of rotatable bonds is 3. The Morgan fingerprint density at radius 1 is 1.65 bits per heavy atom. The molecule has 6 nitrogen and oxygen atoms in total. The highest BCUT2D eigenvalue weighted by atomic mass is 19.1. The van der Waals surface area contributed by atoms with Crippen LogP contribution in [0.5, 0.6) is 5.88 Å². The summed E-state index contributed by atoms with van der Waals surface area (Å²) in [6.45, 7) is 0.689. The van der Waals surface area contributed by atoms with Gasteiger partial charge >= 0.3 is 0 Å². The Bertz CT molecular complexity index is 440. The fraction of sp³-hybridized carbons (Fsp3) is 0.500. The molecule has 17 heavy (non-hydrogen) atoms. The van der Waals surface area contributed by atoms with Crippen LogP contribution in [0.3, 0.4) is 0 Å². The second kappa shape index (κ2) is 4.52. The highest BCUT2D eigenvalue weighted by Crippen LogP contribution is 2.17. The highest BCUT2D eigenvalue weighted by Gasteiger charge is 2.29. The van der Waals surface area contributed by atoms with Gasteiger partial charge in [0.25, 0.3) is 5.88 Å². The smallest absolute Gasteiger partial charge is 0.255 e. The first-order valence-electron chi connectivity index (χ1n) is 5.20. The molecular weight excluding hydrogens is 227 g/mol. The van der Waals surface area contributed by atoms with Crippen molar-refractivity contribution in [3.05, 3.63) is 12.0 Å². The molecule has 1 atom stereocenters. The first-order chi connectivity index (χ1) is 8.11. The van der Waals surface area contributed by atoms with Gasteiger partial charge in [-0.3, -0.25) is 4.79 Å². The Labute approximate surface area is 97.8 Å². The SMILES string of the molecule is COc1nc(NC2CCN(C)C2=O)ncc1F. The quantitative estimate of drug-likeness (QED) is 0.821. The molecule has 92 valence electrons. The van der Waals surface area contributed by atoms with Crippen molar-refractivity contribution < 1.29 is 13.9 Å². The second-order valence-corrected chi connectivity index (χ2v) is 3.80. The van der Waals surface area contributed by atoms with E-state index in [2.05, 4.69) is 15.3 Å². The van der Waals surface area contributed by atoms with Gasteiger partial charge in [-0.1, -0.05) is 0 Å². The van der Waals surface area contributed by atoms with Crippen LogP contribution in [0.4, 0.5) is 10.3 Å². The molecule has 1 aromatic rings. The van der Waals surface area contributed by atoms with E-state index >= 15 is 0 Å². The molecule has 0 bridgehead atoms. The van der Waals surface area contributed by atoms with Gasteiger partial charge in [-0.05, 0) is 6.42 Å². The molecule has 0 aliphatic carbocycles. The molecule has 1 fully saturated rings. The Balaban J connectivity index is 2.11. The third-order valence-corrected chi connectivity index (χ3v) is 2.64. The van der Waals surface area contributed by atoms with Gasteiger partial charge < -0.3 is 15.0 Å². The first-order valence-corrected chi connectivity index (χ1v) is 5.20. The number of carbonyl (C=O) groups excluding carboxylic acids is 1. The van der Waals surface area contributed by atoms with Crippen LogP contribution in [0, 0.1) is 5.82 Å². The van der Waals surface area contributed by atoms with Crippen molar-refractivity contribution in [2.75, 3.05) is 26.0 Å². The van der Waals surface area contributed by atoms with Crippen molar-refractivity contribution in [1.29, 1.82) is 0 Å². The number of carbonyl (C=O) groups is 1. The Hall–Kier alpha value is -1.92. The van der Waals surface area contributed by atoms with Crippen LogP contribution in [0.25, 0.3) is 0 Å². The number of hydrogen-bond acceptors (Lipinski definition) is 5. The summed E-state index contributed by atoms with van der Waals surface area (Å²) in [5.74, 6) is -0.594. The Morgan fingerprint density at radius 3 is 3.00 bits per heavy atom. The van der Waals surface area contributed by atoms with Crippen LogP contribution in [0.2, 0.25) is 0 Å². The number of halogens is 1. The highest BCUT2D eigenvalue weighted by molar-refractivity contribution is 5.86. The van der Waals surface area contributed by atoms with E-state index in [0.717, 1.165) is 6.20 Å². The molecule has 0 spiro atoms. The largest absolute Gasteiger partial charge is 0.479 e. The number of likely N-dealkylation sites (tertiary alicyclic amines) is 1. The molecule has 1 aliphatic rings. The average Bonchev–Trinajstić information content (AvgIpc) is 2.63. The van der Waals surface area contributed by atoms with Gasteiger partial charge in [-0.15, -0.1) is 0 Å². The lowest BCUT2D eigenvalue weighted by atomic mass is 10.2. The number of ether oxygens (including phenoxy) is 1. The topological polar surface area (TPSA) is 67.3 Å². The van der Waals surface area contributed by atoms with Crippen LogP contribution in [0.1, 0.15) is 6.42 Å². The summed E-state index contributed by atoms with van der Waals surface area (Å²) in [5, 5.41) is 2.86. The van der Waals surface area contributed by atoms with Crippen molar-refractivity contribution in [3.63, 3.8) is 0 Å². The minimum absolute atomic E-state index is 0.0168. The maximum Gasteiger partial charge on any atom is 0.255 e. The molecule has 1 unspecified atom stereocenters. The fourth-order valence-corrected chi connectivity index (χ4v) is 1.68. The zero-order chi connectivity index (χ0) is 12.4. The van der Waals surface area contributed by atoms with E-state index in [1.54, 1.807) is 11.9 Å². The average molecular weight is 240 g/mol. The van der Waals surface area contributed by atoms with Crippen LogP contribution in [-0.2, 0) is 4.79 Å². The van der Waals surface area contributed by atoms with Gasteiger partial charge in [0, 0.05) is 13.6 Å². The lowest BCUT2D eigenvalue weighted by molar-refractivity contribution is -0.127. The normalized spacial score (nSPS) is 19.6. The number of hydrogen-bond donors (Lipinski definition) is 1. The summed E-state index contributed by atoms with van der Waals surface area (Å²) in [6, 6.07) is -0.352. The molecule has 1 N–H and O–H groups in total. The van der Waals surface area contributed by atoms with Crippen molar-refractivity contribution >= 4 is 11.9 Å². The lowest BCUT2D eigenvalue weighted by Crippen LogP contribution is -2.31. The molecule has 7 heteroatoms. The van der Waals surface area contributed by atoms with E-state index in [0.29, 0.717) is 13.0 Å². The fourth-order valence-electron chi connectivity index (χ4n) is 1.68. The van der Waals surface area contributed by atoms with E-state index in [9.17, 15) is 9.18 Å². The van der Waals surface area contributed by atoms with E-state index in [4.69, 9.17) is 4.74 Å². The number of amides is 1. The van der Waals surface area contributed by atoms with Crippen LogP contribution >= 0.6 is 0 Å². The number of anilines is 1. The predicted molar refractivity (Wildman–Crippen MR) is 58.2 cm³/mol. The molecule has 1 aliphatic heterocycles. The van der Waals surface area contributed by atoms with E-state index in [1.165, 1.54) is 7.11 Å². The van der Waals surface area contributed by atoms with E-state index in [1.807, 2.05) is 0 Å². The zero-order valence-electron chi connectivity index (χ0n) is 9.61. The van der Waals surface area contributed by atoms with Crippen LogP contribution in [0.15, 0.2) is 6.20 Å². The second-order valence-electron chi connectivity index (χ2n) is 3.80. The van der Waals surface area contributed by atoms with Gasteiger partial charge in [0.15, 0.2) is 0 Å². The summed E-state index contributed by atoms with van der Waals surface area (Å²) in [4.78, 5) is 20.8. The summed E-state index contributed by atoms with van der Waals surface area (Å²) >= 11 is 0. The minimum Gasteiger partial charge on any atom is -0.479 e. The summed E-state index contributed by atoms with van der Waals surface area (Å²) in [5.41, 5.74) is 0. The van der Waals surface area contributed by atoms with Crippen molar-refractivity contribution in [2.24, 2.45) is 0 Å². The number of methoxy groups -OCH3 is 1. The van der Waals surface area contributed by atoms with E-state index in [-0.39, 0.29) is 23.8 Å². The lowest BCUT2D eigenvalue weighted by Gasteiger charge is -2.12. The van der Waals surface area contributed by atoms with Gasteiger partial charge in [-0.2, -0.15) is 9.37 Å². The van der Waals surface area contributed by atoms with Gasteiger partial charge in [0.1, 0.15) is 6.04 Å². The van der Waals surface area contributed by atoms with Crippen molar-refractivity contribution in [2.45, 2.75) is 12.5 Å². The molecule has 0 saturated carbocycles. The van der Waals surface area contributed by atoms with Gasteiger partial charge in [-0.25, -0.2) is 4.98 Å². The predicted octanol–water partition coefficient (Wildman–Crippen LogP) is 0.267. The number of nitrogens with zero attached hydrogens (tertiary/aromatic N) is 3. The molecular formula is C10H13FN4O2. The number of aromatic nitrogens is 2. The van der Waals surface area contributed by atoms with Gasteiger partial charge in [0.2, 0.25) is 17.7 Å². The zero-order valence-corrected chi connectivity index (χ0v) is 9.61. The summed E-state index contributed by atoms with van der Waals surface area (Å²) < 4.78 is 17.8. The molecule has 1 amide bonds.